The number of rotatable bonds is 8. The van der Waals surface area contributed by atoms with Gasteiger partial charge in [0.25, 0.3) is 5.91 Å². The number of esters is 1. The first kappa shape index (κ1) is 26.1. The van der Waals surface area contributed by atoms with Crippen LogP contribution in [0, 0.1) is 0 Å². The van der Waals surface area contributed by atoms with Gasteiger partial charge in [-0.05, 0) is 47.9 Å². The van der Waals surface area contributed by atoms with Gasteiger partial charge in [0.05, 0.1) is 15.4 Å². The molecule has 1 amide bonds. The van der Waals surface area contributed by atoms with E-state index in [4.69, 9.17) is 4.74 Å². The lowest BCUT2D eigenvalue weighted by atomic mass is 10.0. The van der Waals surface area contributed by atoms with E-state index in [0.717, 1.165) is 17.2 Å². The van der Waals surface area contributed by atoms with E-state index in [2.05, 4.69) is 0 Å². The smallest absolute Gasteiger partial charge is 0.338 e. The molecule has 0 spiro atoms. The molecule has 8 heteroatoms. The summed E-state index contributed by atoms with van der Waals surface area (Å²) in [5, 5.41) is 0. The molecule has 7 nitrogen and oxygen atoms in total. The number of ketones is 1. The first-order valence-corrected chi connectivity index (χ1v) is 13.9. The van der Waals surface area contributed by atoms with Crippen molar-refractivity contribution in [1.82, 2.24) is 4.90 Å². The van der Waals surface area contributed by atoms with Crippen molar-refractivity contribution >= 4 is 27.5 Å². The molecule has 5 rings (SSSR count). The fraction of sp³-hybridized carbons (Fsp3) is 0.129. The molecule has 0 radical (unpaired) electrons. The molecule has 0 unspecified atom stereocenters. The topological polar surface area (TPSA) is 97.8 Å². The fourth-order valence-electron chi connectivity index (χ4n) is 4.52. The molecule has 0 saturated carbocycles. The summed E-state index contributed by atoms with van der Waals surface area (Å²) in [7, 11) is -4.01. The van der Waals surface area contributed by atoms with Crippen molar-refractivity contribution in [2.45, 2.75) is 22.8 Å². The first-order valence-electron chi connectivity index (χ1n) is 12.4. The summed E-state index contributed by atoms with van der Waals surface area (Å²) in [6, 6.07) is 29.0. The van der Waals surface area contributed by atoms with E-state index in [9.17, 15) is 22.8 Å². The number of nitrogens with zero attached hydrogens (tertiary/aromatic N) is 1. The molecule has 0 fully saturated rings. The van der Waals surface area contributed by atoms with Crippen molar-refractivity contribution in [1.29, 1.82) is 0 Å². The Labute approximate surface area is 226 Å². The monoisotopic (exact) mass is 539 g/mol. The second-order valence-electron chi connectivity index (χ2n) is 9.15. The third kappa shape index (κ3) is 5.51. The largest absolute Gasteiger partial charge is 0.452 e. The molecule has 0 N–H and O–H groups in total. The third-order valence-electron chi connectivity index (χ3n) is 6.58. The number of hydrogen-bond donors (Lipinski definition) is 0. The van der Waals surface area contributed by atoms with Crippen LogP contribution in [0.3, 0.4) is 0 Å². The van der Waals surface area contributed by atoms with Crippen LogP contribution in [0.15, 0.2) is 113 Å². The van der Waals surface area contributed by atoms with Gasteiger partial charge < -0.3 is 9.64 Å². The summed E-state index contributed by atoms with van der Waals surface area (Å²) < 4.78 is 31.6. The molecule has 4 aromatic carbocycles. The van der Waals surface area contributed by atoms with Crippen molar-refractivity contribution in [2.75, 3.05) is 13.2 Å². The van der Waals surface area contributed by atoms with E-state index < -0.39 is 28.2 Å². The third-order valence-corrected chi connectivity index (χ3v) is 8.43. The number of fused-ring (bicyclic) bond motifs is 2. The number of benzene rings is 4. The van der Waals surface area contributed by atoms with Crippen LogP contribution in [0.25, 0.3) is 0 Å². The summed E-state index contributed by atoms with van der Waals surface area (Å²) in [4.78, 5) is 40.1. The Bertz CT molecular complexity index is 1650. The molecule has 4 aromatic rings. The zero-order valence-corrected chi connectivity index (χ0v) is 21.8. The van der Waals surface area contributed by atoms with Crippen molar-refractivity contribution in [3.63, 3.8) is 0 Å². The average molecular weight is 540 g/mol. The summed E-state index contributed by atoms with van der Waals surface area (Å²) >= 11 is 0. The second-order valence-corrected chi connectivity index (χ2v) is 11.0. The number of carbonyl (C=O) groups excluding carboxylic acids is 3. The molecular formula is C31H25NO6S. The zero-order valence-electron chi connectivity index (χ0n) is 20.9. The molecule has 1 aliphatic heterocycles. The van der Waals surface area contributed by atoms with Crippen LogP contribution in [-0.2, 0) is 32.3 Å². The second kappa shape index (κ2) is 11.0. The van der Waals surface area contributed by atoms with Crippen LogP contribution in [-0.4, -0.2) is 44.1 Å². The van der Waals surface area contributed by atoms with Gasteiger partial charge in [-0.1, -0.05) is 72.8 Å². The van der Waals surface area contributed by atoms with Crippen molar-refractivity contribution in [3.05, 3.63) is 131 Å². The Kier molecular flexibility index (Phi) is 7.38. The van der Waals surface area contributed by atoms with Crippen molar-refractivity contribution in [3.8, 4) is 0 Å². The first-order chi connectivity index (χ1) is 18.8. The van der Waals surface area contributed by atoms with Gasteiger partial charge in [-0.25, -0.2) is 13.2 Å². The van der Waals surface area contributed by atoms with E-state index in [1.807, 2.05) is 60.7 Å². The number of ether oxygens (including phenoxy) is 1. The van der Waals surface area contributed by atoms with Crippen molar-refractivity contribution in [2.24, 2.45) is 0 Å². The molecule has 0 saturated heterocycles. The highest BCUT2D eigenvalue weighted by molar-refractivity contribution is 7.91. The summed E-state index contributed by atoms with van der Waals surface area (Å²) in [5.74, 6) is -1.66. The molecule has 196 valence electrons. The molecule has 0 atom stereocenters. The van der Waals surface area contributed by atoms with Gasteiger partial charge in [0, 0.05) is 24.2 Å². The Hall–Kier alpha value is -4.56. The Morgan fingerprint density at radius 2 is 1.33 bits per heavy atom. The van der Waals surface area contributed by atoms with Gasteiger partial charge in [0.1, 0.15) is 0 Å². The van der Waals surface area contributed by atoms with Crippen LogP contribution in [0.4, 0.5) is 0 Å². The molecule has 0 bridgehead atoms. The van der Waals surface area contributed by atoms with Crippen LogP contribution < -0.4 is 0 Å². The van der Waals surface area contributed by atoms with E-state index in [1.165, 1.54) is 30.3 Å². The van der Waals surface area contributed by atoms with Crippen molar-refractivity contribution < 1.29 is 27.5 Å². The number of hydrogen-bond acceptors (Lipinski definition) is 6. The lowest BCUT2D eigenvalue weighted by Gasteiger charge is -2.23. The molecular weight excluding hydrogens is 514 g/mol. The van der Waals surface area contributed by atoms with E-state index in [0.29, 0.717) is 19.5 Å². The zero-order chi connectivity index (χ0) is 27.4. The molecule has 0 aromatic heterocycles. The summed E-state index contributed by atoms with van der Waals surface area (Å²) in [5.41, 5.74) is 2.05. The number of amides is 1. The maximum atomic E-state index is 13.2. The van der Waals surface area contributed by atoms with E-state index in [1.54, 1.807) is 11.0 Å². The maximum absolute atomic E-state index is 13.2. The van der Waals surface area contributed by atoms with Crippen LogP contribution in [0.2, 0.25) is 0 Å². The summed E-state index contributed by atoms with van der Waals surface area (Å²) in [6.45, 7) is 0.266. The van der Waals surface area contributed by atoms with Crippen LogP contribution in [0.5, 0.6) is 0 Å². The highest BCUT2D eigenvalue weighted by Crippen LogP contribution is 2.34. The van der Waals surface area contributed by atoms with Gasteiger partial charge in [-0.3, -0.25) is 9.59 Å². The minimum absolute atomic E-state index is 0.00345. The highest BCUT2D eigenvalue weighted by atomic mass is 32.2. The molecule has 1 aliphatic rings. The summed E-state index contributed by atoms with van der Waals surface area (Å²) in [6.07, 6.45) is 0.631. The van der Waals surface area contributed by atoms with Gasteiger partial charge in [0.2, 0.25) is 9.84 Å². The Morgan fingerprint density at radius 1 is 0.718 bits per heavy atom. The number of sulfone groups is 1. The number of carbonyl (C=O) groups is 3. The average Bonchev–Trinajstić information content (AvgIpc) is 2.97. The van der Waals surface area contributed by atoms with Crippen LogP contribution >= 0.6 is 0 Å². The van der Waals surface area contributed by atoms with Crippen LogP contribution in [0.1, 0.15) is 37.4 Å². The minimum atomic E-state index is -4.01. The SMILES string of the molecule is O=C(OCC(=O)N(CCc1ccccc1)Cc1ccccc1)c1ccc2c(c1)S(=O)(=O)c1ccccc1C2=O. The van der Waals surface area contributed by atoms with Gasteiger partial charge in [-0.15, -0.1) is 0 Å². The Morgan fingerprint density at radius 3 is 2.05 bits per heavy atom. The molecule has 39 heavy (non-hydrogen) atoms. The quantitative estimate of drug-likeness (QED) is 0.270. The van der Waals surface area contributed by atoms with Gasteiger partial charge in [-0.2, -0.15) is 0 Å². The maximum Gasteiger partial charge on any atom is 0.338 e. The predicted octanol–water partition coefficient (Wildman–Crippen LogP) is 4.49. The molecule has 1 heterocycles. The lowest BCUT2D eigenvalue weighted by Crippen LogP contribution is -2.36. The minimum Gasteiger partial charge on any atom is -0.452 e. The predicted molar refractivity (Wildman–Crippen MR) is 144 cm³/mol. The van der Waals surface area contributed by atoms with Gasteiger partial charge in [0.15, 0.2) is 12.4 Å². The highest BCUT2D eigenvalue weighted by Gasteiger charge is 2.35. The lowest BCUT2D eigenvalue weighted by molar-refractivity contribution is -0.135. The molecule has 0 aliphatic carbocycles. The standard InChI is InChI=1S/C31H25NO6S/c33-29(32(20-23-11-5-2-6-12-23)18-17-22-9-3-1-4-10-22)21-38-31(35)24-15-16-26-28(19-24)39(36,37)27-14-8-7-13-25(27)30(26)34/h1-16,19H,17-18,20-21H2. The van der Waals surface area contributed by atoms with E-state index in [-0.39, 0.29) is 32.4 Å². The van der Waals surface area contributed by atoms with E-state index >= 15 is 0 Å². The van der Waals surface area contributed by atoms with Gasteiger partial charge >= 0.3 is 5.97 Å². The Balaban J connectivity index is 1.31. The fourth-order valence-corrected chi connectivity index (χ4v) is 6.19. The normalized spacial score (nSPS) is 13.2.